The highest BCUT2D eigenvalue weighted by molar-refractivity contribution is 6.33. The molecule has 0 heterocycles. The van der Waals surface area contributed by atoms with Gasteiger partial charge in [-0.25, -0.2) is 5.43 Å². The van der Waals surface area contributed by atoms with Crippen LogP contribution in [0.25, 0.3) is 0 Å². The summed E-state index contributed by atoms with van der Waals surface area (Å²) in [6, 6.07) is 13.6. The molecule has 0 saturated carbocycles. The highest BCUT2D eigenvalue weighted by Gasteiger charge is 2.07. The van der Waals surface area contributed by atoms with E-state index in [4.69, 9.17) is 16.3 Å². The van der Waals surface area contributed by atoms with Crippen LogP contribution in [0.5, 0.6) is 5.75 Å². The summed E-state index contributed by atoms with van der Waals surface area (Å²) >= 11 is 5.99. The van der Waals surface area contributed by atoms with Crippen LogP contribution in [0.4, 0.5) is 5.69 Å². The lowest BCUT2D eigenvalue weighted by atomic mass is 10.2. The lowest BCUT2D eigenvalue weighted by Gasteiger charge is -2.08. The molecule has 0 aliphatic rings. The molecule has 0 aromatic heterocycles. The Labute approximate surface area is 178 Å². The van der Waals surface area contributed by atoms with Gasteiger partial charge >= 0.3 is 0 Å². The van der Waals surface area contributed by atoms with Crippen LogP contribution in [0.15, 0.2) is 66.3 Å². The summed E-state index contributed by atoms with van der Waals surface area (Å²) < 4.78 is 5.43. The molecule has 0 aliphatic heterocycles. The van der Waals surface area contributed by atoms with Gasteiger partial charge in [0.25, 0.3) is 5.91 Å². The first-order chi connectivity index (χ1) is 14.5. The molecule has 0 atom stereocenters. The number of nitrogens with one attached hydrogen (secondary N) is 3. The molecule has 3 amide bonds. The summed E-state index contributed by atoms with van der Waals surface area (Å²) in [5.41, 5.74) is 3.48. The SMILES string of the molecule is C=CCNC(=O)CC(=O)N/N=C/c1ccc(OCC(=O)Nc2ccccc2Cl)cc1. The van der Waals surface area contributed by atoms with Gasteiger partial charge in [-0.1, -0.05) is 29.8 Å². The number of hydrogen-bond donors (Lipinski definition) is 3. The molecule has 0 spiro atoms. The second-order valence-electron chi connectivity index (χ2n) is 5.95. The average Bonchev–Trinajstić information content (AvgIpc) is 2.73. The monoisotopic (exact) mass is 428 g/mol. The standard InChI is InChI=1S/C21H21ClN4O4/c1-2-11-23-19(27)12-20(28)26-24-13-15-7-9-16(10-8-15)30-14-21(29)25-18-6-4-3-5-17(18)22/h2-10,13H,1,11-12,14H2,(H,23,27)(H,25,29)(H,26,28)/b24-13+. The van der Waals surface area contributed by atoms with Crippen molar-refractivity contribution in [1.82, 2.24) is 10.7 Å². The number of nitrogens with zero attached hydrogens (tertiary/aromatic N) is 1. The van der Waals surface area contributed by atoms with Crippen molar-refractivity contribution < 1.29 is 19.1 Å². The minimum Gasteiger partial charge on any atom is -0.484 e. The maximum Gasteiger partial charge on any atom is 0.262 e. The third-order valence-corrected chi connectivity index (χ3v) is 3.90. The number of carbonyl (C=O) groups excluding carboxylic acids is 3. The molecule has 0 unspecified atom stereocenters. The van der Waals surface area contributed by atoms with Gasteiger partial charge in [-0.05, 0) is 42.0 Å². The number of rotatable bonds is 10. The fourth-order valence-corrected chi connectivity index (χ4v) is 2.34. The number of amides is 3. The summed E-state index contributed by atoms with van der Waals surface area (Å²) in [5.74, 6) is -0.794. The Bertz CT molecular complexity index is 929. The summed E-state index contributed by atoms with van der Waals surface area (Å²) in [6.07, 6.45) is 2.62. The molecule has 2 aromatic carbocycles. The summed E-state index contributed by atoms with van der Waals surface area (Å²) in [4.78, 5) is 34.9. The van der Waals surface area contributed by atoms with Gasteiger partial charge in [0.05, 0.1) is 16.9 Å². The minimum atomic E-state index is -0.530. The van der Waals surface area contributed by atoms with Crippen LogP contribution in [-0.4, -0.2) is 37.1 Å². The number of halogens is 1. The lowest BCUT2D eigenvalue weighted by Crippen LogP contribution is -2.29. The Balaban J connectivity index is 1.75. The topological polar surface area (TPSA) is 109 Å². The van der Waals surface area contributed by atoms with Gasteiger partial charge in [-0.2, -0.15) is 5.10 Å². The maximum atomic E-state index is 12.0. The predicted molar refractivity (Wildman–Crippen MR) is 116 cm³/mol. The Morgan fingerprint density at radius 1 is 1.03 bits per heavy atom. The van der Waals surface area contributed by atoms with Crippen molar-refractivity contribution in [3.05, 3.63) is 71.8 Å². The largest absolute Gasteiger partial charge is 0.484 e. The van der Waals surface area contributed by atoms with Gasteiger partial charge in [-0.15, -0.1) is 6.58 Å². The average molecular weight is 429 g/mol. The van der Waals surface area contributed by atoms with E-state index in [9.17, 15) is 14.4 Å². The minimum absolute atomic E-state index is 0.178. The zero-order valence-electron chi connectivity index (χ0n) is 16.1. The number of ether oxygens (including phenoxy) is 1. The fourth-order valence-electron chi connectivity index (χ4n) is 2.16. The molecule has 8 nitrogen and oxygen atoms in total. The highest BCUT2D eigenvalue weighted by Crippen LogP contribution is 2.20. The van der Waals surface area contributed by atoms with Crippen molar-refractivity contribution in [3.63, 3.8) is 0 Å². The molecule has 0 aliphatic carbocycles. The first-order valence-electron chi connectivity index (χ1n) is 8.94. The Morgan fingerprint density at radius 2 is 1.77 bits per heavy atom. The smallest absolute Gasteiger partial charge is 0.262 e. The number of hydrazone groups is 1. The number of anilines is 1. The van der Waals surface area contributed by atoms with E-state index in [2.05, 4.69) is 27.7 Å². The molecule has 156 valence electrons. The Hall–Kier alpha value is -3.65. The summed E-state index contributed by atoms with van der Waals surface area (Å²) in [7, 11) is 0. The summed E-state index contributed by atoms with van der Waals surface area (Å²) in [5, 5.41) is 9.39. The van der Waals surface area contributed by atoms with E-state index in [1.807, 2.05) is 0 Å². The lowest BCUT2D eigenvalue weighted by molar-refractivity contribution is -0.129. The first-order valence-corrected chi connectivity index (χ1v) is 9.32. The molecule has 3 N–H and O–H groups in total. The molecule has 0 radical (unpaired) electrons. The van der Waals surface area contributed by atoms with Crippen molar-refractivity contribution in [1.29, 1.82) is 0 Å². The van der Waals surface area contributed by atoms with Crippen molar-refractivity contribution in [2.24, 2.45) is 5.10 Å². The van der Waals surface area contributed by atoms with E-state index < -0.39 is 11.8 Å². The van der Waals surface area contributed by atoms with Crippen LogP contribution in [-0.2, 0) is 14.4 Å². The molecule has 2 rings (SSSR count). The van der Waals surface area contributed by atoms with Crippen molar-refractivity contribution in [2.45, 2.75) is 6.42 Å². The Kier molecular flexibility index (Phi) is 9.08. The molecule has 2 aromatic rings. The molecule has 0 bridgehead atoms. The molecule has 0 saturated heterocycles. The molecule has 0 fully saturated rings. The fraction of sp³-hybridized carbons (Fsp3) is 0.143. The highest BCUT2D eigenvalue weighted by atomic mass is 35.5. The van der Waals surface area contributed by atoms with Crippen LogP contribution in [0.3, 0.4) is 0 Å². The zero-order chi connectivity index (χ0) is 21.8. The van der Waals surface area contributed by atoms with Crippen molar-refractivity contribution >= 4 is 41.2 Å². The second-order valence-corrected chi connectivity index (χ2v) is 6.36. The van der Waals surface area contributed by atoms with Crippen LogP contribution in [0, 0.1) is 0 Å². The summed E-state index contributed by atoms with van der Waals surface area (Å²) in [6.45, 7) is 3.59. The number of carbonyl (C=O) groups is 3. The third kappa shape index (κ3) is 8.15. The van der Waals surface area contributed by atoms with Crippen LogP contribution in [0.1, 0.15) is 12.0 Å². The van der Waals surface area contributed by atoms with E-state index >= 15 is 0 Å². The number of hydrogen-bond acceptors (Lipinski definition) is 5. The predicted octanol–water partition coefficient (Wildman–Crippen LogP) is 2.50. The quantitative estimate of drug-likeness (QED) is 0.234. The van der Waals surface area contributed by atoms with Crippen LogP contribution >= 0.6 is 11.6 Å². The number of benzene rings is 2. The zero-order valence-corrected chi connectivity index (χ0v) is 16.8. The van der Waals surface area contributed by atoms with Crippen molar-refractivity contribution in [2.75, 3.05) is 18.5 Å². The molecule has 30 heavy (non-hydrogen) atoms. The van der Waals surface area contributed by atoms with Crippen molar-refractivity contribution in [3.8, 4) is 5.75 Å². The Morgan fingerprint density at radius 3 is 2.47 bits per heavy atom. The third-order valence-electron chi connectivity index (χ3n) is 3.57. The van der Waals surface area contributed by atoms with Gasteiger partial charge in [0.15, 0.2) is 6.61 Å². The van der Waals surface area contributed by atoms with E-state index in [0.717, 1.165) is 0 Å². The van der Waals surface area contributed by atoms with Crippen LogP contribution < -0.4 is 20.8 Å². The molecular weight excluding hydrogens is 408 g/mol. The van der Waals surface area contributed by atoms with Gasteiger partial charge in [-0.3, -0.25) is 14.4 Å². The number of para-hydroxylation sites is 1. The first kappa shape index (κ1) is 22.6. The van der Waals surface area contributed by atoms with E-state index in [1.54, 1.807) is 48.5 Å². The van der Waals surface area contributed by atoms with Gasteiger partial charge < -0.3 is 15.4 Å². The van der Waals surface area contributed by atoms with Gasteiger partial charge in [0, 0.05) is 6.54 Å². The normalized spacial score (nSPS) is 10.3. The molecule has 9 heteroatoms. The maximum absolute atomic E-state index is 12.0. The van der Waals surface area contributed by atoms with E-state index in [0.29, 0.717) is 28.6 Å². The van der Waals surface area contributed by atoms with E-state index in [-0.39, 0.29) is 18.9 Å². The molecular formula is C21H21ClN4O4. The second kappa shape index (κ2) is 12.0. The van der Waals surface area contributed by atoms with Gasteiger partial charge in [0.2, 0.25) is 11.8 Å². The van der Waals surface area contributed by atoms with Gasteiger partial charge in [0.1, 0.15) is 12.2 Å². The van der Waals surface area contributed by atoms with Crippen LogP contribution in [0.2, 0.25) is 5.02 Å². The van der Waals surface area contributed by atoms with E-state index in [1.165, 1.54) is 12.3 Å².